The highest BCUT2D eigenvalue weighted by molar-refractivity contribution is 7.59. The normalized spacial score (nSPS) is 3.60. The monoisotopic (exact) mass is 210 g/mol. The number of hydrogen-bond acceptors (Lipinski definition) is 3. The molecule has 0 amide bonds. The van der Waals surface area contributed by atoms with Gasteiger partial charge >= 0.3 is 10.6 Å². The quantitative estimate of drug-likeness (QED) is 0.403. The van der Waals surface area contributed by atoms with Crippen LogP contribution in [0, 0.1) is 0 Å². The Morgan fingerprint density at radius 1 is 0.700 bits per heavy atom. The average molecular weight is 211 g/mol. The summed E-state index contributed by atoms with van der Waals surface area (Å²) in [5.74, 6) is 0. The minimum atomic E-state index is -3.11. The molecule has 0 aromatic rings. The molecule has 0 N–H and O–H groups in total. The largest absolute Gasteiger partial charge is 1.00 e. The standard InChI is InChI=1S/2C2H6.2ClH.O3S/c2*1-2;;;1-4(2)3/h2*1-2H3;2*1H;/p-2. The van der Waals surface area contributed by atoms with Crippen molar-refractivity contribution in [2.45, 2.75) is 27.7 Å². The van der Waals surface area contributed by atoms with Crippen LogP contribution in [0.25, 0.3) is 0 Å². The van der Waals surface area contributed by atoms with Crippen molar-refractivity contribution in [1.82, 2.24) is 0 Å². The van der Waals surface area contributed by atoms with E-state index in [1.54, 1.807) is 0 Å². The van der Waals surface area contributed by atoms with Crippen molar-refractivity contribution in [3.8, 4) is 0 Å². The predicted molar refractivity (Wildman–Crippen MR) is 32.4 cm³/mol. The molecule has 0 aliphatic rings. The maximum Gasteiger partial charge on any atom is 0.425 e. The maximum atomic E-state index is 8.44. The van der Waals surface area contributed by atoms with Gasteiger partial charge in [-0.25, -0.2) is 0 Å². The van der Waals surface area contributed by atoms with Crippen molar-refractivity contribution in [2.24, 2.45) is 0 Å². The van der Waals surface area contributed by atoms with Gasteiger partial charge in [-0.2, -0.15) is 0 Å². The van der Waals surface area contributed by atoms with Gasteiger partial charge in [0.15, 0.2) is 0 Å². The Balaban J connectivity index is -0.0000000125. The molecule has 3 nitrogen and oxygen atoms in total. The average Bonchev–Trinajstić information content (AvgIpc) is 1.75. The molecule has 0 heterocycles. The summed E-state index contributed by atoms with van der Waals surface area (Å²) in [7, 11) is -3.11. The summed E-state index contributed by atoms with van der Waals surface area (Å²) in [6.07, 6.45) is 0. The van der Waals surface area contributed by atoms with Crippen LogP contribution in [0.5, 0.6) is 0 Å². The van der Waals surface area contributed by atoms with E-state index in [0.29, 0.717) is 0 Å². The van der Waals surface area contributed by atoms with Crippen molar-refractivity contribution >= 4 is 10.6 Å². The Kier molecular flexibility index (Phi) is 193. The Bertz CT molecular complexity index is 87.9. The Hall–Kier alpha value is 0.200. The van der Waals surface area contributed by atoms with Crippen LogP contribution >= 0.6 is 0 Å². The molecule has 0 unspecified atom stereocenters. The van der Waals surface area contributed by atoms with Crippen molar-refractivity contribution < 1.29 is 37.4 Å². The SMILES string of the molecule is CC.CC.O=S(=O)=O.[Cl-].[Cl-]. The minimum Gasteiger partial charge on any atom is -1.00 e. The van der Waals surface area contributed by atoms with Crippen LogP contribution in [0.3, 0.4) is 0 Å². The molecule has 0 rings (SSSR count). The highest BCUT2D eigenvalue weighted by Crippen LogP contribution is 1.15. The maximum absolute atomic E-state index is 8.44. The molecule has 0 aliphatic heterocycles. The lowest BCUT2D eigenvalue weighted by Gasteiger charge is -1.11. The van der Waals surface area contributed by atoms with E-state index < -0.39 is 10.6 Å². The summed E-state index contributed by atoms with van der Waals surface area (Å²) >= 11 is 0. The van der Waals surface area contributed by atoms with Crippen LogP contribution in [0.1, 0.15) is 27.7 Å². The molecule has 0 aliphatic carbocycles. The molecule has 0 saturated carbocycles. The van der Waals surface area contributed by atoms with Crippen molar-refractivity contribution in [2.75, 3.05) is 0 Å². The fourth-order valence-electron chi connectivity index (χ4n) is 0. The van der Waals surface area contributed by atoms with Crippen molar-refractivity contribution in [3.05, 3.63) is 0 Å². The van der Waals surface area contributed by atoms with Crippen LogP contribution in [0.15, 0.2) is 0 Å². The topological polar surface area (TPSA) is 51.2 Å². The number of halogens is 2. The van der Waals surface area contributed by atoms with Gasteiger partial charge in [0.1, 0.15) is 0 Å². The summed E-state index contributed by atoms with van der Waals surface area (Å²) in [6.45, 7) is 8.00. The Labute approximate surface area is 76.1 Å². The first-order chi connectivity index (χ1) is 3.73. The van der Waals surface area contributed by atoms with Gasteiger partial charge in [0.2, 0.25) is 0 Å². The Morgan fingerprint density at radius 2 is 0.700 bits per heavy atom. The Morgan fingerprint density at radius 3 is 0.700 bits per heavy atom. The molecular formula is C4H12Cl2O3S-2. The van der Waals surface area contributed by atoms with Gasteiger partial charge in [-0.1, -0.05) is 27.7 Å². The van der Waals surface area contributed by atoms with Gasteiger partial charge in [-0.05, 0) is 0 Å². The summed E-state index contributed by atoms with van der Waals surface area (Å²) in [4.78, 5) is 0. The molecule has 0 fully saturated rings. The van der Waals surface area contributed by atoms with E-state index in [2.05, 4.69) is 0 Å². The molecule has 68 valence electrons. The van der Waals surface area contributed by atoms with E-state index >= 15 is 0 Å². The zero-order chi connectivity index (χ0) is 7.58. The highest BCUT2D eigenvalue weighted by Gasteiger charge is 1.40. The minimum absolute atomic E-state index is 0. The first kappa shape index (κ1) is 31.9. The summed E-state index contributed by atoms with van der Waals surface area (Å²) in [5, 5.41) is 0. The first-order valence-corrected chi connectivity index (χ1v) is 3.50. The van der Waals surface area contributed by atoms with Crippen LogP contribution in [0.4, 0.5) is 0 Å². The molecule has 0 spiro atoms. The van der Waals surface area contributed by atoms with Gasteiger partial charge in [0, 0.05) is 0 Å². The lowest BCUT2D eigenvalue weighted by Crippen LogP contribution is -3.00. The number of hydrogen-bond donors (Lipinski definition) is 0. The summed E-state index contributed by atoms with van der Waals surface area (Å²) in [6, 6.07) is 0. The second-order valence-corrected chi connectivity index (χ2v) is 0.612. The van der Waals surface area contributed by atoms with Crippen molar-refractivity contribution in [3.63, 3.8) is 0 Å². The van der Waals surface area contributed by atoms with Crippen LogP contribution < -0.4 is 24.8 Å². The van der Waals surface area contributed by atoms with Gasteiger partial charge in [-0.3, -0.25) is 0 Å². The van der Waals surface area contributed by atoms with Gasteiger partial charge in [-0.15, -0.1) is 12.6 Å². The van der Waals surface area contributed by atoms with E-state index in [0.717, 1.165) is 0 Å². The molecular weight excluding hydrogens is 199 g/mol. The summed E-state index contributed by atoms with van der Waals surface area (Å²) in [5.41, 5.74) is 0. The molecule has 0 atom stereocenters. The van der Waals surface area contributed by atoms with Crippen LogP contribution in [-0.2, 0) is 10.6 Å². The third kappa shape index (κ3) is 10600. The zero-order valence-corrected chi connectivity index (χ0v) is 8.72. The second-order valence-electron chi connectivity index (χ2n) is 0.204. The van der Waals surface area contributed by atoms with Crippen LogP contribution in [-0.4, -0.2) is 12.6 Å². The lowest BCUT2D eigenvalue weighted by molar-refractivity contribution is -0.001000. The third-order valence-corrected chi connectivity index (χ3v) is 0. The zero-order valence-electron chi connectivity index (χ0n) is 6.39. The first-order valence-electron chi connectivity index (χ1n) is 2.50. The fourth-order valence-corrected chi connectivity index (χ4v) is 0. The molecule has 6 heteroatoms. The summed E-state index contributed by atoms with van der Waals surface area (Å²) < 4.78 is 25.3. The lowest BCUT2D eigenvalue weighted by atomic mass is 11.0. The van der Waals surface area contributed by atoms with E-state index in [1.165, 1.54) is 0 Å². The van der Waals surface area contributed by atoms with E-state index in [-0.39, 0.29) is 24.8 Å². The molecule has 0 bridgehead atoms. The number of rotatable bonds is 0. The highest BCUT2D eigenvalue weighted by atomic mass is 35.5. The van der Waals surface area contributed by atoms with Gasteiger partial charge < -0.3 is 24.8 Å². The third-order valence-electron chi connectivity index (χ3n) is 0. The molecule has 0 aromatic heterocycles. The molecule has 0 aromatic carbocycles. The van der Waals surface area contributed by atoms with E-state index in [4.69, 9.17) is 12.6 Å². The van der Waals surface area contributed by atoms with Crippen molar-refractivity contribution in [1.29, 1.82) is 0 Å². The molecule has 0 radical (unpaired) electrons. The van der Waals surface area contributed by atoms with Crippen LogP contribution in [0.2, 0.25) is 0 Å². The molecule has 0 saturated heterocycles. The predicted octanol–water partition coefficient (Wildman–Crippen LogP) is -4.94. The van der Waals surface area contributed by atoms with Gasteiger partial charge in [0.25, 0.3) is 0 Å². The second kappa shape index (κ2) is 60.4. The smallest absolute Gasteiger partial charge is 0.425 e. The fraction of sp³-hybridized carbons (Fsp3) is 1.00. The molecule has 10 heavy (non-hydrogen) atoms. The van der Waals surface area contributed by atoms with E-state index in [9.17, 15) is 0 Å². The van der Waals surface area contributed by atoms with E-state index in [1.807, 2.05) is 27.7 Å². The van der Waals surface area contributed by atoms with Gasteiger partial charge in [0.05, 0.1) is 0 Å².